The van der Waals surface area contributed by atoms with Crippen LogP contribution < -0.4 is 0 Å². The Morgan fingerprint density at radius 2 is 1.84 bits per heavy atom. The Morgan fingerprint density at radius 1 is 1.12 bits per heavy atom. The first kappa shape index (κ1) is 17.2. The van der Waals surface area contributed by atoms with E-state index >= 15 is 0 Å². The number of nitrogens with zero attached hydrogens (tertiary/aromatic N) is 2. The van der Waals surface area contributed by atoms with Crippen molar-refractivity contribution < 1.29 is 17.6 Å². The third-order valence-electron chi connectivity index (χ3n) is 5.17. The molecule has 0 saturated carbocycles. The molecule has 2 saturated heterocycles. The monoisotopic (exact) mass is 426 g/mol. The van der Waals surface area contributed by atoms with Crippen molar-refractivity contribution in [3.63, 3.8) is 0 Å². The van der Waals surface area contributed by atoms with Crippen molar-refractivity contribution in [2.24, 2.45) is 0 Å². The number of ether oxygens (including phenoxy) is 1. The van der Waals surface area contributed by atoms with Gasteiger partial charge in [0.2, 0.25) is 11.8 Å². The molecular formula is C17H19BrN2O4S. The van der Waals surface area contributed by atoms with Crippen LogP contribution in [0.3, 0.4) is 0 Å². The Balaban J connectivity index is 1.70. The molecule has 1 atom stereocenters. The zero-order chi connectivity index (χ0) is 17.5. The van der Waals surface area contributed by atoms with Crippen molar-refractivity contribution in [2.45, 2.75) is 30.6 Å². The van der Waals surface area contributed by atoms with Crippen molar-refractivity contribution in [3.05, 3.63) is 46.1 Å². The van der Waals surface area contributed by atoms with E-state index in [0.717, 1.165) is 22.9 Å². The predicted octanol–water partition coefficient (Wildman–Crippen LogP) is 2.83. The van der Waals surface area contributed by atoms with Gasteiger partial charge in [0, 0.05) is 17.7 Å². The summed E-state index contributed by atoms with van der Waals surface area (Å²) in [5, 5.41) is 8.52. The van der Waals surface area contributed by atoms with Gasteiger partial charge in [-0.2, -0.15) is 0 Å². The summed E-state index contributed by atoms with van der Waals surface area (Å²) < 4.78 is 36.1. The maximum atomic E-state index is 11.7. The Bertz CT molecular complexity index is 857. The maximum absolute atomic E-state index is 11.7. The fourth-order valence-electron chi connectivity index (χ4n) is 3.70. The van der Waals surface area contributed by atoms with Crippen molar-refractivity contribution in [3.8, 4) is 0 Å². The molecule has 2 fully saturated rings. The van der Waals surface area contributed by atoms with Crippen LogP contribution in [-0.2, 0) is 20.0 Å². The molecule has 1 unspecified atom stereocenters. The number of sulfone groups is 1. The molecule has 4 rings (SSSR count). The second kappa shape index (κ2) is 6.48. The summed E-state index contributed by atoms with van der Waals surface area (Å²) in [5.41, 5.74) is 0.745. The molecule has 0 bridgehead atoms. The summed E-state index contributed by atoms with van der Waals surface area (Å²) in [6, 6.07) is 8.15. The van der Waals surface area contributed by atoms with Crippen LogP contribution in [0.2, 0.25) is 0 Å². The highest BCUT2D eigenvalue weighted by Crippen LogP contribution is 2.42. The lowest BCUT2D eigenvalue weighted by molar-refractivity contribution is 0.0539. The van der Waals surface area contributed by atoms with Crippen LogP contribution in [0.5, 0.6) is 0 Å². The number of hydrogen-bond acceptors (Lipinski definition) is 6. The maximum Gasteiger partial charge on any atom is 0.227 e. The molecule has 2 aliphatic rings. The molecule has 0 spiro atoms. The molecule has 3 heterocycles. The second-order valence-corrected chi connectivity index (χ2v) is 9.89. The SMILES string of the molecule is O=S1(=O)CCC(c2nnc(C3(c4ccc(Br)cc4)CCOCC3)o2)C1. The van der Waals surface area contributed by atoms with Gasteiger partial charge in [-0.1, -0.05) is 28.1 Å². The smallest absolute Gasteiger partial charge is 0.227 e. The van der Waals surface area contributed by atoms with Gasteiger partial charge < -0.3 is 9.15 Å². The molecule has 8 heteroatoms. The van der Waals surface area contributed by atoms with Gasteiger partial charge in [-0.05, 0) is 37.0 Å². The molecule has 25 heavy (non-hydrogen) atoms. The average Bonchev–Trinajstić information content (AvgIpc) is 3.23. The highest BCUT2D eigenvalue weighted by Gasteiger charge is 2.42. The first-order valence-electron chi connectivity index (χ1n) is 8.37. The normalized spacial score (nSPS) is 25.1. The van der Waals surface area contributed by atoms with Gasteiger partial charge >= 0.3 is 0 Å². The topological polar surface area (TPSA) is 82.3 Å². The zero-order valence-electron chi connectivity index (χ0n) is 13.7. The number of halogens is 1. The van der Waals surface area contributed by atoms with Gasteiger partial charge in [0.1, 0.15) is 0 Å². The van der Waals surface area contributed by atoms with Gasteiger partial charge in [0.25, 0.3) is 0 Å². The Morgan fingerprint density at radius 3 is 2.48 bits per heavy atom. The fourth-order valence-corrected chi connectivity index (χ4v) is 5.69. The van der Waals surface area contributed by atoms with Crippen molar-refractivity contribution in [1.82, 2.24) is 10.2 Å². The summed E-state index contributed by atoms with van der Waals surface area (Å²) in [6.07, 6.45) is 2.08. The number of benzene rings is 1. The minimum Gasteiger partial charge on any atom is -0.424 e. The van der Waals surface area contributed by atoms with Gasteiger partial charge in [-0.25, -0.2) is 8.42 Å². The first-order chi connectivity index (χ1) is 12.0. The van der Waals surface area contributed by atoms with Gasteiger partial charge in [0.15, 0.2) is 9.84 Å². The molecular weight excluding hydrogens is 408 g/mol. The first-order valence-corrected chi connectivity index (χ1v) is 11.0. The number of hydrogen-bond donors (Lipinski definition) is 0. The lowest BCUT2D eigenvalue weighted by atomic mass is 9.74. The average molecular weight is 427 g/mol. The van der Waals surface area contributed by atoms with Crippen LogP contribution >= 0.6 is 15.9 Å². The van der Waals surface area contributed by atoms with Crippen LogP contribution in [0, 0.1) is 0 Å². The second-order valence-electron chi connectivity index (χ2n) is 6.75. The molecule has 2 aromatic rings. The fraction of sp³-hybridized carbons (Fsp3) is 0.529. The van der Waals surface area contributed by atoms with Crippen LogP contribution in [0.1, 0.15) is 42.5 Å². The molecule has 0 amide bonds. The molecule has 1 aromatic carbocycles. The van der Waals surface area contributed by atoms with Gasteiger partial charge in [-0.15, -0.1) is 10.2 Å². The van der Waals surface area contributed by atoms with Crippen molar-refractivity contribution in [2.75, 3.05) is 24.7 Å². The van der Waals surface area contributed by atoms with Crippen molar-refractivity contribution >= 4 is 25.8 Å². The van der Waals surface area contributed by atoms with Crippen LogP contribution in [0.15, 0.2) is 33.2 Å². The predicted molar refractivity (Wildman–Crippen MR) is 95.3 cm³/mol. The molecule has 0 N–H and O–H groups in total. The molecule has 0 aliphatic carbocycles. The summed E-state index contributed by atoms with van der Waals surface area (Å²) >= 11 is 3.47. The van der Waals surface area contributed by atoms with Crippen LogP contribution in [-0.4, -0.2) is 43.3 Å². The zero-order valence-corrected chi connectivity index (χ0v) is 16.1. The Kier molecular flexibility index (Phi) is 4.45. The van der Waals surface area contributed by atoms with E-state index in [2.05, 4.69) is 38.3 Å². The third kappa shape index (κ3) is 3.27. The minimum atomic E-state index is -2.98. The summed E-state index contributed by atoms with van der Waals surface area (Å²) in [6.45, 7) is 1.26. The highest BCUT2D eigenvalue weighted by atomic mass is 79.9. The van der Waals surface area contributed by atoms with E-state index in [9.17, 15) is 8.42 Å². The number of aromatic nitrogens is 2. The quantitative estimate of drug-likeness (QED) is 0.750. The summed E-state index contributed by atoms with van der Waals surface area (Å²) in [5.74, 6) is 1.12. The Hall–Kier alpha value is -1.25. The lowest BCUT2D eigenvalue weighted by Gasteiger charge is -2.34. The van der Waals surface area contributed by atoms with E-state index < -0.39 is 9.84 Å². The molecule has 134 valence electrons. The van der Waals surface area contributed by atoms with Gasteiger partial charge in [0.05, 0.1) is 22.8 Å². The molecule has 0 radical (unpaired) electrons. The summed E-state index contributed by atoms with van der Waals surface area (Å²) in [4.78, 5) is 0. The molecule has 6 nitrogen and oxygen atoms in total. The van der Waals surface area contributed by atoms with E-state index in [0.29, 0.717) is 31.4 Å². The van der Waals surface area contributed by atoms with Crippen LogP contribution in [0.4, 0.5) is 0 Å². The van der Waals surface area contributed by atoms with Gasteiger partial charge in [-0.3, -0.25) is 0 Å². The van der Waals surface area contributed by atoms with E-state index in [1.165, 1.54) is 0 Å². The van der Waals surface area contributed by atoms with E-state index in [4.69, 9.17) is 9.15 Å². The van der Waals surface area contributed by atoms with E-state index in [1.807, 2.05) is 12.1 Å². The third-order valence-corrected chi connectivity index (χ3v) is 7.47. The standard InChI is InChI=1S/C17H19BrN2O4S/c18-14-3-1-13(2-4-14)17(6-8-23-9-7-17)16-20-19-15(24-16)12-5-10-25(21,22)11-12/h1-4,12H,5-11H2. The van der Waals surface area contributed by atoms with Crippen LogP contribution in [0.25, 0.3) is 0 Å². The number of rotatable bonds is 3. The van der Waals surface area contributed by atoms with E-state index in [-0.39, 0.29) is 22.8 Å². The highest BCUT2D eigenvalue weighted by molar-refractivity contribution is 9.10. The summed E-state index contributed by atoms with van der Waals surface area (Å²) in [7, 11) is -2.98. The largest absolute Gasteiger partial charge is 0.424 e. The Labute approximate surface area is 155 Å². The molecule has 1 aromatic heterocycles. The van der Waals surface area contributed by atoms with E-state index in [1.54, 1.807) is 0 Å². The minimum absolute atomic E-state index is 0.100. The molecule has 2 aliphatic heterocycles. The lowest BCUT2D eigenvalue weighted by Crippen LogP contribution is -2.35. The van der Waals surface area contributed by atoms with Crippen molar-refractivity contribution in [1.29, 1.82) is 0 Å².